The van der Waals surface area contributed by atoms with Crippen molar-refractivity contribution in [3.63, 3.8) is 0 Å². The maximum Gasteiger partial charge on any atom is 0.120 e. The average Bonchev–Trinajstić information content (AvgIpc) is 1.93. The Balaban J connectivity index is 0. The first-order valence-corrected chi connectivity index (χ1v) is 2.80. The van der Waals surface area contributed by atoms with Crippen molar-refractivity contribution in [3.05, 3.63) is 12.8 Å². The van der Waals surface area contributed by atoms with Crippen molar-refractivity contribution in [2.45, 2.75) is 13.8 Å². The molecule has 0 spiro atoms. The molecule has 0 rings (SSSR count). The standard InChI is InChI=1S/C4H7FN2.C2H6/c1-3-7(5)4-6-2;1-2/h3-4H,1H2,2H3;1-2H3. The van der Waals surface area contributed by atoms with Crippen molar-refractivity contribution in [1.82, 2.24) is 5.12 Å². The van der Waals surface area contributed by atoms with Crippen LogP contribution in [0.5, 0.6) is 0 Å². The van der Waals surface area contributed by atoms with E-state index < -0.39 is 0 Å². The Morgan fingerprint density at radius 2 is 2.00 bits per heavy atom. The Morgan fingerprint density at radius 1 is 1.56 bits per heavy atom. The number of hydrogen-bond donors (Lipinski definition) is 0. The number of halogens is 1. The summed E-state index contributed by atoms with van der Waals surface area (Å²) in [5.74, 6) is 0. The molecule has 0 fully saturated rings. The first-order valence-electron chi connectivity index (χ1n) is 2.80. The largest absolute Gasteiger partial charge is 0.276 e. The van der Waals surface area contributed by atoms with Crippen LogP contribution < -0.4 is 0 Å². The second-order valence-electron chi connectivity index (χ2n) is 0.900. The molecule has 9 heavy (non-hydrogen) atoms. The van der Waals surface area contributed by atoms with Gasteiger partial charge in [0, 0.05) is 13.2 Å². The summed E-state index contributed by atoms with van der Waals surface area (Å²) in [4.78, 5) is 3.36. The third-order valence-electron chi connectivity index (χ3n) is 0.400. The van der Waals surface area contributed by atoms with Gasteiger partial charge in [0.1, 0.15) is 6.34 Å². The summed E-state index contributed by atoms with van der Waals surface area (Å²) in [5, 5.41) is 0.278. The van der Waals surface area contributed by atoms with Gasteiger partial charge in [0.2, 0.25) is 0 Å². The van der Waals surface area contributed by atoms with Crippen molar-refractivity contribution in [2.24, 2.45) is 4.99 Å². The molecule has 0 heterocycles. The molecule has 0 saturated carbocycles. The van der Waals surface area contributed by atoms with Crippen LogP contribution in [0.4, 0.5) is 4.48 Å². The molecule has 3 heteroatoms. The number of aliphatic imine (C=N–C) groups is 1. The molecular formula is C6H13FN2. The number of nitrogens with zero attached hydrogens (tertiary/aromatic N) is 2. The summed E-state index contributed by atoms with van der Waals surface area (Å²) in [7, 11) is 1.48. The van der Waals surface area contributed by atoms with Crippen LogP contribution in [0.1, 0.15) is 13.8 Å². The maximum atomic E-state index is 11.7. The Labute approximate surface area is 55.6 Å². The summed E-state index contributed by atoms with van der Waals surface area (Å²) in [6.07, 6.45) is 2.04. The molecule has 54 valence electrons. The fraction of sp³-hybridized carbons (Fsp3) is 0.500. The van der Waals surface area contributed by atoms with E-state index >= 15 is 0 Å². The van der Waals surface area contributed by atoms with Crippen LogP contribution in [-0.4, -0.2) is 18.5 Å². The Hall–Kier alpha value is -0.860. The minimum atomic E-state index is 0.278. The van der Waals surface area contributed by atoms with Crippen molar-refractivity contribution < 1.29 is 4.48 Å². The van der Waals surface area contributed by atoms with Gasteiger partial charge in [-0.1, -0.05) is 24.9 Å². The molecular weight excluding hydrogens is 119 g/mol. The maximum absolute atomic E-state index is 11.7. The quantitative estimate of drug-likeness (QED) is 0.319. The van der Waals surface area contributed by atoms with Gasteiger partial charge in [0.15, 0.2) is 0 Å². The highest BCUT2D eigenvalue weighted by atomic mass is 19.2. The number of hydrogen-bond acceptors (Lipinski definition) is 1. The van der Waals surface area contributed by atoms with Crippen LogP contribution in [0.2, 0.25) is 0 Å². The summed E-state index contributed by atoms with van der Waals surface area (Å²) in [6.45, 7) is 7.14. The van der Waals surface area contributed by atoms with Crippen molar-refractivity contribution in [3.8, 4) is 0 Å². The van der Waals surface area contributed by atoms with Gasteiger partial charge in [-0.2, -0.15) is 5.12 Å². The zero-order valence-electron chi connectivity index (χ0n) is 6.13. The van der Waals surface area contributed by atoms with Gasteiger partial charge >= 0.3 is 0 Å². The lowest BCUT2D eigenvalue weighted by atomic mass is 11.0. The van der Waals surface area contributed by atoms with E-state index in [1.807, 2.05) is 13.8 Å². The van der Waals surface area contributed by atoms with E-state index in [9.17, 15) is 4.48 Å². The zero-order valence-corrected chi connectivity index (χ0v) is 6.13. The Bertz CT molecular complexity index is 81.1. The second-order valence-corrected chi connectivity index (χ2v) is 0.900. The molecule has 0 unspecified atom stereocenters. The molecule has 0 N–H and O–H groups in total. The van der Waals surface area contributed by atoms with E-state index in [-0.39, 0.29) is 5.12 Å². The molecule has 0 saturated heterocycles. The zero-order chi connectivity index (χ0) is 7.70. The third kappa shape index (κ3) is 11.0. The van der Waals surface area contributed by atoms with Gasteiger partial charge in [-0.25, -0.2) is 0 Å². The van der Waals surface area contributed by atoms with Crippen LogP contribution in [0.25, 0.3) is 0 Å². The van der Waals surface area contributed by atoms with E-state index in [4.69, 9.17) is 0 Å². The van der Waals surface area contributed by atoms with Crippen LogP contribution in [-0.2, 0) is 0 Å². The molecule has 0 aliphatic heterocycles. The van der Waals surface area contributed by atoms with E-state index in [0.29, 0.717) is 0 Å². The molecule has 0 aromatic rings. The molecule has 0 radical (unpaired) electrons. The van der Waals surface area contributed by atoms with Crippen molar-refractivity contribution in [2.75, 3.05) is 7.05 Å². The van der Waals surface area contributed by atoms with Crippen LogP contribution in [0, 0.1) is 0 Å². The Morgan fingerprint density at radius 3 is 2.11 bits per heavy atom. The van der Waals surface area contributed by atoms with E-state index in [0.717, 1.165) is 12.5 Å². The predicted molar refractivity (Wildman–Crippen MR) is 38.9 cm³/mol. The minimum absolute atomic E-state index is 0.278. The fourth-order valence-electron chi connectivity index (χ4n) is 0.157. The summed E-state index contributed by atoms with van der Waals surface area (Å²) in [5.41, 5.74) is 0. The fourth-order valence-corrected chi connectivity index (χ4v) is 0.157. The monoisotopic (exact) mass is 132 g/mol. The van der Waals surface area contributed by atoms with Gasteiger partial charge in [-0.3, -0.25) is 4.99 Å². The average molecular weight is 132 g/mol. The second kappa shape index (κ2) is 10.2. The molecule has 2 nitrogen and oxygen atoms in total. The van der Waals surface area contributed by atoms with Crippen LogP contribution >= 0.6 is 0 Å². The van der Waals surface area contributed by atoms with Gasteiger partial charge in [0.05, 0.1) is 0 Å². The smallest absolute Gasteiger partial charge is 0.120 e. The first kappa shape index (κ1) is 11.0. The van der Waals surface area contributed by atoms with Crippen LogP contribution in [0.3, 0.4) is 0 Å². The van der Waals surface area contributed by atoms with Gasteiger partial charge in [-0.05, 0) is 0 Å². The molecule has 0 aliphatic carbocycles. The summed E-state index contributed by atoms with van der Waals surface area (Å²) < 4.78 is 11.7. The lowest BCUT2D eigenvalue weighted by Gasteiger charge is -1.93. The topological polar surface area (TPSA) is 15.6 Å². The Kier molecular flexibility index (Phi) is 12.5. The lowest BCUT2D eigenvalue weighted by Crippen LogP contribution is -1.98. The van der Waals surface area contributed by atoms with E-state index in [2.05, 4.69) is 11.6 Å². The van der Waals surface area contributed by atoms with Crippen molar-refractivity contribution in [1.29, 1.82) is 0 Å². The minimum Gasteiger partial charge on any atom is -0.276 e. The van der Waals surface area contributed by atoms with Gasteiger partial charge < -0.3 is 0 Å². The molecule has 0 aromatic heterocycles. The molecule has 0 aromatic carbocycles. The highest BCUT2D eigenvalue weighted by Gasteiger charge is 1.79. The van der Waals surface area contributed by atoms with E-state index in [1.54, 1.807) is 0 Å². The summed E-state index contributed by atoms with van der Waals surface area (Å²) >= 11 is 0. The molecule has 0 amide bonds. The molecule has 0 aliphatic rings. The third-order valence-corrected chi connectivity index (χ3v) is 0.400. The van der Waals surface area contributed by atoms with Gasteiger partial charge in [-0.15, -0.1) is 0 Å². The SMILES string of the molecule is C=CN(F)C=NC.CC. The van der Waals surface area contributed by atoms with Crippen molar-refractivity contribution >= 4 is 6.34 Å². The first-order chi connectivity index (χ1) is 4.31. The highest BCUT2D eigenvalue weighted by molar-refractivity contribution is 5.53. The molecule has 0 atom stereocenters. The summed E-state index contributed by atoms with van der Waals surface area (Å²) in [6, 6.07) is 0. The number of rotatable bonds is 2. The van der Waals surface area contributed by atoms with Gasteiger partial charge in [0.25, 0.3) is 0 Å². The highest BCUT2D eigenvalue weighted by Crippen LogP contribution is 1.79. The normalized spacial score (nSPS) is 8.00. The van der Waals surface area contributed by atoms with E-state index in [1.165, 1.54) is 7.05 Å². The van der Waals surface area contributed by atoms with Crippen LogP contribution in [0.15, 0.2) is 17.8 Å². The molecule has 0 bridgehead atoms. The lowest BCUT2D eigenvalue weighted by molar-refractivity contribution is 0.201. The predicted octanol–water partition coefficient (Wildman–Crippen LogP) is 2.00.